The summed E-state index contributed by atoms with van der Waals surface area (Å²) in [5, 5.41) is 26.2. The van der Waals surface area contributed by atoms with Gasteiger partial charge in [0, 0.05) is 44.4 Å². The van der Waals surface area contributed by atoms with E-state index in [2.05, 4.69) is 20.4 Å². The topological polar surface area (TPSA) is 141 Å². The van der Waals surface area contributed by atoms with Gasteiger partial charge in [0.15, 0.2) is 11.6 Å². The van der Waals surface area contributed by atoms with Gasteiger partial charge >= 0.3 is 0 Å². The number of phenols is 1. The SMILES string of the molecule is CC.CC(C)C(C(=O)N1CCC(O)C1)c1cc(N2CCOCC2)no1.Cc1ncsc1-c1ccc(CNC=O)c(O)c1. The molecule has 5 rings (SSSR count). The van der Waals surface area contributed by atoms with Crippen LogP contribution in [0.15, 0.2) is 34.3 Å². The van der Waals surface area contributed by atoms with Crippen LogP contribution in [0.3, 0.4) is 0 Å². The Balaban J connectivity index is 0.000000227. The molecule has 3 N–H and O–H groups in total. The number of hydrogen-bond acceptors (Lipinski definition) is 10. The lowest BCUT2D eigenvalue weighted by Crippen LogP contribution is -2.36. The highest BCUT2D eigenvalue weighted by molar-refractivity contribution is 7.13. The van der Waals surface area contributed by atoms with Crippen molar-refractivity contribution in [3.8, 4) is 16.2 Å². The third-order valence-corrected chi connectivity index (χ3v) is 8.01. The molecule has 0 bridgehead atoms. The molecule has 2 atom stereocenters. The van der Waals surface area contributed by atoms with Crippen LogP contribution in [0.5, 0.6) is 5.75 Å². The van der Waals surface area contributed by atoms with E-state index in [-0.39, 0.29) is 23.5 Å². The number of carbonyl (C=O) groups is 2. The number of ether oxygens (including phenoxy) is 1. The highest BCUT2D eigenvalue weighted by atomic mass is 32.1. The number of likely N-dealkylation sites (tertiary alicyclic amines) is 1. The summed E-state index contributed by atoms with van der Waals surface area (Å²) in [7, 11) is 0. The van der Waals surface area contributed by atoms with E-state index in [1.165, 1.54) is 0 Å². The molecule has 0 saturated carbocycles. The Morgan fingerprint density at radius 3 is 2.52 bits per heavy atom. The molecule has 3 aromatic rings. The third kappa shape index (κ3) is 8.52. The van der Waals surface area contributed by atoms with Crippen LogP contribution in [-0.4, -0.2) is 83.1 Å². The van der Waals surface area contributed by atoms with Crippen LogP contribution in [0.25, 0.3) is 10.4 Å². The Kier molecular flexibility index (Phi) is 12.8. The number of aromatic nitrogens is 2. The molecular formula is C30H43N5O6S. The van der Waals surface area contributed by atoms with Crippen LogP contribution in [0.4, 0.5) is 5.82 Å². The van der Waals surface area contributed by atoms with Crippen LogP contribution in [0.1, 0.15) is 57.1 Å². The number of aliphatic hydroxyl groups is 1. The zero-order valence-electron chi connectivity index (χ0n) is 25.1. The molecule has 0 radical (unpaired) electrons. The van der Waals surface area contributed by atoms with Gasteiger partial charge in [-0.15, -0.1) is 11.3 Å². The molecule has 0 spiro atoms. The number of aryl methyl sites for hydroxylation is 1. The number of hydrogen-bond donors (Lipinski definition) is 3. The van der Waals surface area contributed by atoms with Crippen molar-refractivity contribution in [1.82, 2.24) is 20.4 Å². The van der Waals surface area contributed by atoms with Crippen molar-refractivity contribution < 1.29 is 29.1 Å². The number of morpholine rings is 1. The smallest absolute Gasteiger partial charge is 0.233 e. The Bertz CT molecular complexity index is 1270. The van der Waals surface area contributed by atoms with E-state index in [9.17, 15) is 19.8 Å². The van der Waals surface area contributed by atoms with Crippen LogP contribution in [0, 0.1) is 12.8 Å². The molecule has 0 aliphatic carbocycles. The second-order valence-corrected chi connectivity index (χ2v) is 11.1. The van der Waals surface area contributed by atoms with Gasteiger partial charge in [0.1, 0.15) is 11.7 Å². The molecule has 11 nitrogen and oxygen atoms in total. The van der Waals surface area contributed by atoms with Crippen molar-refractivity contribution in [1.29, 1.82) is 0 Å². The Hall–Kier alpha value is -3.48. The number of rotatable bonds is 8. The fraction of sp³-hybridized carbons (Fsp3) is 0.533. The molecule has 4 heterocycles. The Labute approximate surface area is 251 Å². The maximum atomic E-state index is 12.8. The molecule has 2 fully saturated rings. The third-order valence-electron chi connectivity index (χ3n) is 7.03. The first-order valence-electron chi connectivity index (χ1n) is 14.4. The highest BCUT2D eigenvalue weighted by Gasteiger charge is 2.35. The summed E-state index contributed by atoms with van der Waals surface area (Å²) in [6.45, 7) is 14.2. The van der Waals surface area contributed by atoms with E-state index in [0.29, 0.717) is 57.0 Å². The van der Waals surface area contributed by atoms with Crippen LogP contribution >= 0.6 is 11.3 Å². The summed E-state index contributed by atoms with van der Waals surface area (Å²) in [5.41, 5.74) is 4.37. The van der Waals surface area contributed by atoms with Gasteiger partial charge in [-0.3, -0.25) is 9.59 Å². The predicted octanol–water partition coefficient (Wildman–Crippen LogP) is 3.94. The number of thiazole rings is 1. The number of carbonyl (C=O) groups excluding carboxylic acids is 2. The maximum absolute atomic E-state index is 12.8. The van der Waals surface area contributed by atoms with Crippen LogP contribution in [0.2, 0.25) is 0 Å². The van der Waals surface area contributed by atoms with Crippen molar-refractivity contribution in [2.45, 2.75) is 59.6 Å². The van der Waals surface area contributed by atoms with Crippen molar-refractivity contribution in [3.63, 3.8) is 0 Å². The first-order chi connectivity index (χ1) is 20.3. The Morgan fingerprint density at radius 2 is 1.95 bits per heavy atom. The monoisotopic (exact) mass is 601 g/mol. The highest BCUT2D eigenvalue weighted by Crippen LogP contribution is 2.32. The normalized spacial score (nSPS) is 17.2. The van der Waals surface area contributed by atoms with Gasteiger partial charge in [-0.2, -0.15) is 0 Å². The summed E-state index contributed by atoms with van der Waals surface area (Å²) < 4.78 is 10.9. The second kappa shape index (κ2) is 16.2. The van der Waals surface area contributed by atoms with Crippen LogP contribution < -0.4 is 10.2 Å². The van der Waals surface area contributed by atoms with Gasteiger partial charge in [-0.1, -0.05) is 45.0 Å². The zero-order valence-corrected chi connectivity index (χ0v) is 25.9. The summed E-state index contributed by atoms with van der Waals surface area (Å²) in [5.74, 6) is 1.32. The lowest BCUT2D eigenvalue weighted by atomic mass is 9.92. The molecular weight excluding hydrogens is 558 g/mol. The van der Waals surface area contributed by atoms with E-state index in [0.717, 1.165) is 35.0 Å². The first kappa shape index (κ1) is 33.0. The fourth-order valence-corrected chi connectivity index (χ4v) is 5.63. The number of anilines is 1. The number of amides is 2. The number of nitrogens with one attached hydrogen (secondary N) is 1. The molecule has 230 valence electrons. The minimum atomic E-state index is -0.412. The van der Waals surface area contributed by atoms with Crippen molar-refractivity contribution in [2.75, 3.05) is 44.3 Å². The number of phenolic OH excluding ortho intramolecular Hbond substituents is 1. The summed E-state index contributed by atoms with van der Waals surface area (Å²) in [6.07, 6.45) is 0.845. The standard InChI is InChI=1S/C16H25N3O4.C12H12N2O2S.C2H6/c1-11(2)15(16(21)19-4-3-12(20)10-19)13-9-14(17-23-13)18-5-7-22-8-6-18;1-8-12(17-7-14-8)9-2-3-10(5-13-6-15)11(16)4-9;1-2/h9,11-12,15,20H,3-8,10H2,1-2H3;2-4,6-7,16H,5H2,1H3,(H,13,15);1-2H3. The van der Waals surface area contributed by atoms with Gasteiger partial charge in [0.2, 0.25) is 12.3 Å². The van der Waals surface area contributed by atoms with Gasteiger partial charge in [0.05, 0.1) is 35.4 Å². The predicted molar refractivity (Wildman–Crippen MR) is 163 cm³/mol. The van der Waals surface area contributed by atoms with Gasteiger partial charge in [-0.25, -0.2) is 4.98 Å². The number of β-amino-alcohol motifs (C(OH)–C–C–N with tert-alkyl or cyclic N) is 1. The zero-order chi connectivity index (χ0) is 30.6. The minimum absolute atomic E-state index is 0.0150. The molecule has 2 unspecified atom stereocenters. The van der Waals surface area contributed by atoms with E-state index in [4.69, 9.17) is 9.26 Å². The molecule has 1 aromatic carbocycles. The van der Waals surface area contributed by atoms with Crippen molar-refractivity contribution in [2.24, 2.45) is 5.92 Å². The lowest BCUT2D eigenvalue weighted by molar-refractivity contribution is -0.133. The number of aliphatic hydroxyl groups excluding tert-OH is 1. The summed E-state index contributed by atoms with van der Waals surface area (Å²) in [4.78, 5) is 32.1. The van der Waals surface area contributed by atoms with E-state index >= 15 is 0 Å². The quantitative estimate of drug-likeness (QED) is 0.327. The maximum Gasteiger partial charge on any atom is 0.233 e. The molecule has 2 saturated heterocycles. The lowest BCUT2D eigenvalue weighted by Gasteiger charge is -2.26. The molecule has 12 heteroatoms. The van der Waals surface area contributed by atoms with E-state index in [1.807, 2.05) is 46.8 Å². The molecule has 2 amide bonds. The van der Waals surface area contributed by atoms with Crippen molar-refractivity contribution >= 4 is 29.5 Å². The average molecular weight is 602 g/mol. The minimum Gasteiger partial charge on any atom is -0.508 e. The molecule has 2 aliphatic rings. The number of nitrogens with zero attached hydrogens (tertiary/aromatic N) is 4. The van der Waals surface area contributed by atoms with Gasteiger partial charge < -0.3 is 34.6 Å². The van der Waals surface area contributed by atoms with Gasteiger partial charge in [0.25, 0.3) is 0 Å². The fourth-order valence-electron chi connectivity index (χ4n) is 4.83. The molecule has 2 aromatic heterocycles. The molecule has 2 aliphatic heterocycles. The number of aromatic hydroxyl groups is 1. The Morgan fingerprint density at radius 1 is 1.21 bits per heavy atom. The average Bonchev–Trinajstić information content (AvgIpc) is 3.76. The van der Waals surface area contributed by atoms with Gasteiger partial charge in [-0.05, 0) is 30.9 Å². The summed E-state index contributed by atoms with van der Waals surface area (Å²) in [6, 6.07) is 7.30. The summed E-state index contributed by atoms with van der Waals surface area (Å²) >= 11 is 1.54. The molecule has 42 heavy (non-hydrogen) atoms. The largest absolute Gasteiger partial charge is 0.508 e. The van der Waals surface area contributed by atoms with Crippen LogP contribution in [-0.2, 0) is 20.9 Å². The number of benzene rings is 1. The van der Waals surface area contributed by atoms with E-state index in [1.54, 1.807) is 33.9 Å². The first-order valence-corrected chi connectivity index (χ1v) is 15.3. The van der Waals surface area contributed by atoms with E-state index < -0.39 is 6.10 Å². The van der Waals surface area contributed by atoms with Crippen molar-refractivity contribution in [3.05, 3.63) is 46.8 Å². The second-order valence-electron chi connectivity index (χ2n) is 10.2.